The number of likely N-dealkylation sites (N-methyl/N-ethyl adjacent to an activating group) is 1. The highest BCUT2D eigenvalue weighted by atomic mass is 16.2. The Morgan fingerprint density at radius 1 is 1.16 bits per heavy atom. The summed E-state index contributed by atoms with van der Waals surface area (Å²) in [5, 5.41) is 7.16. The number of hydrogen-bond acceptors (Lipinski definition) is 6. The highest BCUT2D eigenvalue weighted by molar-refractivity contribution is 5.98. The Kier molecular flexibility index (Phi) is 5.02. The van der Waals surface area contributed by atoms with Crippen molar-refractivity contribution >= 4 is 34.0 Å². The number of fused-ring (bicyclic) bond motifs is 2. The van der Waals surface area contributed by atoms with Crippen LogP contribution >= 0.6 is 0 Å². The van der Waals surface area contributed by atoms with Gasteiger partial charge in [-0.3, -0.25) is 9.69 Å². The van der Waals surface area contributed by atoms with Gasteiger partial charge in [-0.2, -0.15) is 0 Å². The standard InChI is InChI=1S/C24H24N6O/c1-3-16-5-4-6-18(9-16)28-24-20-10-19(7-8-21(20)25-15-26-24)27-23(31)14-30-12-17-11-29(2)22(17)13-30/h1,4-10,15,17,22H,11-14H2,2H3,(H,27,31)(H,25,26,28). The third-order valence-corrected chi connectivity index (χ3v) is 6.15. The molecule has 3 heterocycles. The van der Waals surface area contributed by atoms with E-state index in [9.17, 15) is 4.79 Å². The second-order valence-electron chi connectivity index (χ2n) is 8.31. The molecule has 2 atom stereocenters. The number of amides is 1. The van der Waals surface area contributed by atoms with Crippen LogP contribution in [0.15, 0.2) is 48.8 Å². The maximum atomic E-state index is 12.6. The Bertz CT molecular complexity index is 1190. The molecule has 7 nitrogen and oxygen atoms in total. The van der Waals surface area contributed by atoms with Crippen LogP contribution in [-0.4, -0.2) is 64.9 Å². The molecule has 1 aromatic heterocycles. The van der Waals surface area contributed by atoms with Crippen molar-refractivity contribution < 1.29 is 4.79 Å². The molecule has 0 bridgehead atoms. The van der Waals surface area contributed by atoms with E-state index in [1.165, 1.54) is 6.33 Å². The molecule has 2 saturated heterocycles. The van der Waals surface area contributed by atoms with Gasteiger partial charge in [0.15, 0.2) is 0 Å². The van der Waals surface area contributed by atoms with E-state index in [1.807, 2.05) is 42.5 Å². The van der Waals surface area contributed by atoms with Crippen LogP contribution in [0.2, 0.25) is 0 Å². The van der Waals surface area contributed by atoms with E-state index < -0.39 is 0 Å². The number of hydrogen-bond donors (Lipinski definition) is 2. The van der Waals surface area contributed by atoms with Crippen LogP contribution in [0.25, 0.3) is 10.9 Å². The fourth-order valence-corrected chi connectivity index (χ4v) is 4.58. The molecule has 0 aliphatic carbocycles. The van der Waals surface area contributed by atoms with Gasteiger partial charge in [-0.1, -0.05) is 12.0 Å². The average Bonchev–Trinajstić information content (AvgIpc) is 3.10. The lowest BCUT2D eigenvalue weighted by Gasteiger charge is -2.40. The highest BCUT2D eigenvalue weighted by Gasteiger charge is 2.43. The molecule has 1 amide bonds. The summed E-state index contributed by atoms with van der Waals surface area (Å²) in [7, 11) is 2.15. The summed E-state index contributed by atoms with van der Waals surface area (Å²) < 4.78 is 0. The molecule has 2 unspecified atom stereocenters. The van der Waals surface area contributed by atoms with Gasteiger partial charge in [0, 0.05) is 53.9 Å². The predicted molar refractivity (Wildman–Crippen MR) is 122 cm³/mol. The van der Waals surface area contributed by atoms with Gasteiger partial charge >= 0.3 is 0 Å². The van der Waals surface area contributed by atoms with Gasteiger partial charge in [-0.15, -0.1) is 6.42 Å². The van der Waals surface area contributed by atoms with E-state index in [2.05, 4.69) is 43.4 Å². The predicted octanol–water partition coefficient (Wildman–Crippen LogP) is 2.54. The molecule has 0 spiro atoms. The fraction of sp³-hybridized carbons (Fsp3) is 0.292. The number of likely N-dealkylation sites (tertiary alicyclic amines) is 2. The van der Waals surface area contributed by atoms with Crippen LogP contribution < -0.4 is 10.6 Å². The summed E-state index contributed by atoms with van der Waals surface area (Å²) in [5.74, 6) is 4.00. The number of benzene rings is 2. The van der Waals surface area contributed by atoms with Crippen molar-refractivity contribution in [2.75, 3.05) is 43.9 Å². The van der Waals surface area contributed by atoms with Gasteiger partial charge in [-0.25, -0.2) is 9.97 Å². The Morgan fingerprint density at radius 3 is 2.87 bits per heavy atom. The topological polar surface area (TPSA) is 73.4 Å². The fourth-order valence-electron chi connectivity index (χ4n) is 4.58. The molecule has 3 aromatic rings. The van der Waals surface area contributed by atoms with Crippen LogP contribution in [0, 0.1) is 18.3 Å². The molecule has 0 radical (unpaired) electrons. The summed E-state index contributed by atoms with van der Waals surface area (Å²) in [6.07, 6.45) is 7.02. The normalized spacial score (nSPS) is 20.6. The van der Waals surface area contributed by atoms with Crippen molar-refractivity contribution in [1.29, 1.82) is 0 Å². The molecule has 2 N–H and O–H groups in total. The van der Waals surface area contributed by atoms with Crippen molar-refractivity contribution in [1.82, 2.24) is 19.8 Å². The Morgan fingerprint density at radius 2 is 2.06 bits per heavy atom. The summed E-state index contributed by atoms with van der Waals surface area (Å²) in [6, 6.07) is 13.9. The number of carbonyl (C=O) groups is 1. The van der Waals surface area contributed by atoms with Crippen molar-refractivity contribution in [3.05, 3.63) is 54.4 Å². The molecule has 2 aliphatic heterocycles. The summed E-state index contributed by atoms with van der Waals surface area (Å²) >= 11 is 0. The molecule has 2 fully saturated rings. The zero-order chi connectivity index (χ0) is 21.4. The second kappa shape index (κ2) is 7.99. The number of nitrogens with one attached hydrogen (secondary N) is 2. The van der Waals surface area contributed by atoms with E-state index in [4.69, 9.17) is 6.42 Å². The molecule has 31 heavy (non-hydrogen) atoms. The summed E-state index contributed by atoms with van der Waals surface area (Å²) in [6.45, 7) is 3.51. The number of terminal acetylenes is 1. The third-order valence-electron chi connectivity index (χ3n) is 6.15. The minimum atomic E-state index is -0.00335. The van der Waals surface area contributed by atoms with E-state index >= 15 is 0 Å². The second-order valence-corrected chi connectivity index (χ2v) is 8.31. The van der Waals surface area contributed by atoms with E-state index in [0.717, 1.165) is 47.5 Å². The number of nitrogens with zero attached hydrogens (tertiary/aromatic N) is 4. The largest absolute Gasteiger partial charge is 0.340 e. The van der Waals surface area contributed by atoms with Crippen LogP contribution in [0.3, 0.4) is 0 Å². The Hall–Kier alpha value is -3.47. The number of rotatable bonds is 5. The van der Waals surface area contributed by atoms with Crippen molar-refractivity contribution in [3.63, 3.8) is 0 Å². The van der Waals surface area contributed by atoms with Crippen LogP contribution in [0.4, 0.5) is 17.2 Å². The van der Waals surface area contributed by atoms with Crippen LogP contribution in [0.5, 0.6) is 0 Å². The first kappa shape index (κ1) is 19.5. The van der Waals surface area contributed by atoms with Gasteiger partial charge in [0.05, 0.1) is 12.1 Å². The SMILES string of the molecule is C#Cc1cccc(Nc2ncnc3ccc(NC(=O)CN4CC5CN(C)C5C4)cc23)c1. The molecule has 2 aromatic carbocycles. The van der Waals surface area contributed by atoms with Gasteiger partial charge in [0.25, 0.3) is 0 Å². The zero-order valence-corrected chi connectivity index (χ0v) is 17.4. The third kappa shape index (κ3) is 3.96. The number of anilines is 3. The van der Waals surface area contributed by atoms with Gasteiger partial charge in [0.1, 0.15) is 12.1 Å². The summed E-state index contributed by atoms with van der Waals surface area (Å²) in [4.78, 5) is 26.0. The number of aromatic nitrogens is 2. The molecule has 7 heteroatoms. The Labute approximate surface area is 181 Å². The monoisotopic (exact) mass is 412 g/mol. The lowest BCUT2D eigenvalue weighted by Crippen LogP contribution is -2.52. The minimum Gasteiger partial charge on any atom is -0.340 e. The maximum Gasteiger partial charge on any atom is 0.238 e. The van der Waals surface area contributed by atoms with Crippen LogP contribution in [-0.2, 0) is 4.79 Å². The first-order valence-electron chi connectivity index (χ1n) is 10.4. The van der Waals surface area contributed by atoms with Gasteiger partial charge in [-0.05, 0) is 43.4 Å². The molecule has 0 saturated carbocycles. The van der Waals surface area contributed by atoms with Gasteiger partial charge < -0.3 is 15.5 Å². The minimum absolute atomic E-state index is 0.00335. The molecule has 5 rings (SSSR count). The number of carbonyl (C=O) groups excluding carboxylic acids is 1. The van der Waals surface area contributed by atoms with E-state index in [1.54, 1.807) is 0 Å². The molecule has 156 valence electrons. The van der Waals surface area contributed by atoms with E-state index in [0.29, 0.717) is 24.3 Å². The average molecular weight is 412 g/mol. The maximum absolute atomic E-state index is 12.6. The highest BCUT2D eigenvalue weighted by Crippen LogP contribution is 2.30. The summed E-state index contributed by atoms with van der Waals surface area (Å²) in [5.41, 5.74) is 3.16. The first-order valence-corrected chi connectivity index (χ1v) is 10.4. The van der Waals surface area contributed by atoms with E-state index in [-0.39, 0.29) is 5.91 Å². The first-order chi connectivity index (χ1) is 15.1. The zero-order valence-electron chi connectivity index (χ0n) is 17.4. The van der Waals surface area contributed by atoms with Crippen LogP contribution in [0.1, 0.15) is 5.56 Å². The van der Waals surface area contributed by atoms with Gasteiger partial charge in [0.2, 0.25) is 5.91 Å². The molecular formula is C24H24N6O. The smallest absolute Gasteiger partial charge is 0.238 e. The Balaban J connectivity index is 1.31. The molecule has 2 aliphatic rings. The quantitative estimate of drug-likeness (QED) is 0.628. The lowest BCUT2D eigenvalue weighted by atomic mass is 9.93. The molecular weight excluding hydrogens is 388 g/mol. The van der Waals surface area contributed by atoms with Crippen molar-refractivity contribution in [2.45, 2.75) is 6.04 Å². The lowest BCUT2D eigenvalue weighted by molar-refractivity contribution is -0.117. The van der Waals surface area contributed by atoms with Crippen molar-refractivity contribution in [2.24, 2.45) is 5.92 Å². The van der Waals surface area contributed by atoms with Crippen molar-refractivity contribution in [3.8, 4) is 12.3 Å².